The Bertz CT molecular complexity index is 717. The first-order chi connectivity index (χ1) is 9.80. The average Bonchev–Trinajstić information content (AvgIpc) is 3.10. The summed E-state index contributed by atoms with van der Waals surface area (Å²) in [6, 6.07) is 6.32. The molecule has 3 rings (SSSR count). The topological polar surface area (TPSA) is 42.7 Å². The molecule has 4 nitrogen and oxygen atoms in total. The Kier molecular flexibility index (Phi) is 3.93. The van der Waals surface area contributed by atoms with Gasteiger partial charge in [-0.15, -0.1) is 11.3 Å². The van der Waals surface area contributed by atoms with E-state index < -0.39 is 0 Å². The van der Waals surface area contributed by atoms with Crippen LogP contribution in [0.5, 0.6) is 0 Å². The summed E-state index contributed by atoms with van der Waals surface area (Å²) in [7, 11) is 0. The van der Waals surface area contributed by atoms with Crippen LogP contribution in [-0.2, 0) is 13.1 Å². The minimum atomic E-state index is 0.785. The van der Waals surface area contributed by atoms with Crippen LogP contribution in [0.2, 0.25) is 0 Å². The molecule has 0 radical (unpaired) electrons. The van der Waals surface area contributed by atoms with Crippen LogP contribution < -0.4 is 5.32 Å². The molecule has 0 saturated heterocycles. The fourth-order valence-corrected chi connectivity index (χ4v) is 3.60. The van der Waals surface area contributed by atoms with Crippen LogP contribution in [0.1, 0.15) is 12.6 Å². The Balaban J connectivity index is 1.77. The van der Waals surface area contributed by atoms with Crippen LogP contribution in [0.4, 0.5) is 5.69 Å². The van der Waals surface area contributed by atoms with E-state index in [1.54, 1.807) is 23.1 Å². The number of aryl methyl sites for hydroxylation is 1. The second kappa shape index (κ2) is 5.85. The van der Waals surface area contributed by atoms with Gasteiger partial charge in [-0.05, 0) is 31.4 Å². The molecule has 2 aromatic heterocycles. The molecule has 0 amide bonds. The SMILES string of the molecule is CCn1cncc1CNc1ccc2nc(SC)sc2c1. The zero-order valence-corrected chi connectivity index (χ0v) is 13.1. The first kappa shape index (κ1) is 13.5. The number of thiazole rings is 1. The van der Waals surface area contributed by atoms with Gasteiger partial charge in [0.05, 0.1) is 28.8 Å². The van der Waals surface area contributed by atoms with Gasteiger partial charge in [0.1, 0.15) is 0 Å². The number of thioether (sulfide) groups is 1. The van der Waals surface area contributed by atoms with Gasteiger partial charge in [-0.1, -0.05) is 11.8 Å². The van der Waals surface area contributed by atoms with E-state index in [4.69, 9.17) is 0 Å². The molecule has 0 aliphatic rings. The molecule has 0 atom stereocenters. The largest absolute Gasteiger partial charge is 0.379 e. The normalized spacial score (nSPS) is 11.1. The van der Waals surface area contributed by atoms with Gasteiger partial charge < -0.3 is 9.88 Å². The number of nitrogens with zero attached hydrogens (tertiary/aromatic N) is 3. The van der Waals surface area contributed by atoms with Crippen molar-refractivity contribution in [3.8, 4) is 0 Å². The number of aromatic nitrogens is 3. The van der Waals surface area contributed by atoms with Gasteiger partial charge in [0.2, 0.25) is 0 Å². The summed E-state index contributed by atoms with van der Waals surface area (Å²) < 4.78 is 4.48. The van der Waals surface area contributed by atoms with Gasteiger partial charge >= 0.3 is 0 Å². The number of fused-ring (bicyclic) bond motifs is 1. The van der Waals surface area contributed by atoms with Crippen molar-refractivity contribution >= 4 is 39.0 Å². The summed E-state index contributed by atoms with van der Waals surface area (Å²) in [5.41, 5.74) is 3.39. The number of hydrogen-bond donors (Lipinski definition) is 1. The minimum absolute atomic E-state index is 0.785. The second-order valence-corrected chi connectivity index (χ2v) is 6.47. The van der Waals surface area contributed by atoms with Crippen LogP contribution in [0.15, 0.2) is 35.1 Å². The highest BCUT2D eigenvalue weighted by Crippen LogP contribution is 2.30. The fraction of sp³-hybridized carbons (Fsp3) is 0.286. The molecule has 0 fully saturated rings. The smallest absolute Gasteiger partial charge is 0.150 e. The molecule has 0 bridgehead atoms. The molecule has 0 aliphatic heterocycles. The van der Waals surface area contributed by atoms with Crippen LogP contribution in [0, 0.1) is 0 Å². The molecule has 1 aromatic carbocycles. The van der Waals surface area contributed by atoms with Crippen molar-refractivity contribution in [1.29, 1.82) is 0 Å². The summed E-state index contributed by atoms with van der Waals surface area (Å²) in [6.07, 6.45) is 5.84. The summed E-state index contributed by atoms with van der Waals surface area (Å²) in [6.45, 7) is 3.86. The molecule has 0 saturated carbocycles. The standard InChI is InChI=1S/C14H16N4S2/c1-3-18-9-15-7-11(18)8-16-10-4-5-12-13(6-10)20-14(17-12)19-2/h4-7,9,16H,3,8H2,1-2H3. The van der Waals surface area contributed by atoms with E-state index in [1.165, 1.54) is 10.4 Å². The van der Waals surface area contributed by atoms with Crippen LogP contribution in [0.25, 0.3) is 10.2 Å². The van der Waals surface area contributed by atoms with Crippen molar-refractivity contribution < 1.29 is 0 Å². The molecule has 20 heavy (non-hydrogen) atoms. The van der Waals surface area contributed by atoms with E-state index in [9.17, 15) is 0 Å². The van der Waals surface area contributed by atoms with E-state index in [2.05, 4.69) is 51.2 Å². The van der Waals surface area contributed by atoms with Gasteiger partial charge in [0.25, 0.3) is 0 Å². The lowest BCUT2D eigenvalue weighted by atomic mass is 10.3. The van der Waals surface area contributed by atoms with Gasteiger partial charge in [-0.3, -0.25) is 0 Å². The van der Waals surface area contributed by atoms with E-state index in [1.807, 2.05) is 12.5 Å². The Labute approximate surface area is 126 Å². The maximum Gasteiger partial charge on any atom is 0.150 e. The predicted molar refractivity (Wildman–Crippen MR) is 86.6 cm³/mol. The molecule has 0 aliphatic carbocycles. The summed E-state index contributed by atoms with van der Waals surface area (Å²) in [5, 5.41) is 3.45. The van der Waals surface area contributed by atoms with Crippen molar-refractivity contribution in [2.45, 2.75) is 24.4 Å². The molecule has 1 N–H and O–H groups in total. The van der Waals surface area contributed by atoms with Gasteiger partial charge in [0.15, 0.2) is 4.34 Å². The van der Waals surface area contributed by atoms with Gasteiger partial charge in [0, 0.05) is 18.4 Å². The van der Waals surface area contributed by atoms with Crippen molar-refractivity contribution in [2.24, 2.45) is 0 Å². The van der Waals surface area contributed by atoms with E-state index in [-0.39, 0.29) is 0 Å². The predicted octanol–water partition coefficient (Wildman–Crippen LogP) is 3.85. The molecule has 0 unspecified atom stereocenters. The third-order valence-corrected chi connectivity index (χ3v) is 5.16. The minimum Gasteiger partial charge on any atom is -0.379 e. The van der Waals surface area contributed by atoms with Crippen molar-refractivity contribution in [1.82, 2.24) is 14.5 Å². The molecule has 6 heteroatoms. The average molecular weight is 304 g/mol. The third-order valence-electron chi connectivity index (χ3n) is 3.16. The van der Waals surface area contributed by atoms with E-state index in [0.717, 1.165) is 28.6 Å². The second-order valence-electron chi connectivity index (χ2n) is 4.39. The summed E-state index contributed by atoms with van der Waals surface area (Å²) >= 11 is 3.43. The Morgan fingerprint density at radius 2 is 2.30 bits per heavy atom. The molecule has 2 heterocycles. The molecular formula is C14H16N4S2. The summed E-state index contributed by atoms with van der Waals surface area (Å²) in [5.74, 6) is 0. The number of rotatable bonds is 5. The van der Waals surface area contributed by atoms with Crippen molar-refractivity contribution in [2.75, 3.05) is 11.6 Å². The monoisotopic (exact) mass is 304 g/mol. The van der Waals surface area contributed by atoms with Crippen molar-refractivity contribution in [3.63, 3.8) is 0 Å². The molecule has 0 spiro atoms. The quantitative estimate of drug-likeness (QED) is 0.727. The molecule has 104 valence electrons. The zero-order chi connectivity index (χ0) is 13.9. The van der Waals surface area contributed by atoms with E-state index >= 15 is 0 Å². The number of anilines is 1. The molecular weight excluding hydrogens is 288 g/mol. The highest BCUT2D eigenvalue weighted by molar-refractivity contribution is 8.00. The van der Waals surface area contributed by atoms with Crippen LogP contribution in [-0.4, -0.2) is 20.8 Å². The zero-order valence-electron chi connectivity index (χ0n) is 11.5. The lowest BCUT2D eigenvalue weighted by Gasteiger charge is -2.08. The van der Waals surface area contributed by atoms with Gasteiger partial charge in [-0.25, -0.2) is 9.97 Å². The highest BCUT2D eigenvalue weighted by atomic mass is 32.2. The van der Waals surface area contributed by atoms with Crippen LogP contribution >= 0.6 is 23.1 Å². The fourth-order valence-electron chi connectivity index (χ4n) is 2.07. The highest BCUT2D eigenvalue weighted by Gasteiger charge is 2.05. The number of benzene rings is 1. The van der Waals surface area contributed by atoms with Crippen molar-refractivity contribution in [3.05, 3.63) is 36.4 Å². The Morgan fingerprint density at radius 3 is 3.10 bits per heavy atom. The molecule has 3 aromatic rings. The first-order valence-corrected chi connectivity index (χ1v) is 8.51. The van der Waals surface area contributed by atoms with E-state index in [0.29, 0.717) is 0 Å². The Morgan fingerprint density at radius 1 is 1.40 bits per heavy atom. The summed E-state index contributed by atoms with van der Waals surface area (Å²) in [4.78, 5) is 8.73. The number of imidazole rings is 1. The van der Waals surface area contributed by atoms with Gasteiger partial charge in [-0.2, -0.15) is 0 Å². The maximum atomic E-state index is 4.55. The third kappa shape index (κ3) is 2.66. The lowest BCUT2D eigenvalue weighted by Crippen LogP contribution is -2.05. The van der Waals surface area contributed by atoms with Crippen LogP contribution in [0.3, 0.4) is 0 Å². The number of hydrogen-bond acceptors (Lipinski definition) is 5. The lowest BCUT2D eigenvalue weighted by molar-refractivity contribution is 0.719. The maximum absolute atomic E-state index is 4.55. The Hall–Kier alpha value is -1.53. The number of nitrogens with one attached hydrogen (secondary N) is 1. The first-order valence-electron chi connectivity index (χ1n) is 6.47.